The summed E-state index contributed by atoms with van der Waals surface area (Å²) in [7, 11) is 0. The van der Waals surface area contributed by atoms with Crippen LogP contribution in [0.5, 0.6) is 0 Å². The van der Waals surface area contributed by atoms with Crippen LogP contribution in [0.1, 0.15) is 11.3 Å². The van der Waals surface area contributed by atoms with Crippen LogP contribution in [-0.4, -0.2) is 42.1 Å². The summed E-state index contributed by atoms with van der Waals surface area (Å²) in [5.41, 5.74) is 1.31. The summed E-state index contributed by atoms with van der Waals surface area (Å²) in [4.78, 5) is 20.0. The summed E-state index contributed by atoms with van der Waals surface area (Å²) < 4.78 is 52.3. The lowest BCUT2D eigenvalue weighted by atomic mass is 10.1. The zero-order valence-corrected chi connectivity index (χ0v) is 16.7. The van der Waals surface area contributed by atoms with Gasteiger partial charge in [-0.2, -0.15) is 13.2 Å². The third-order valence-electron chi connectivity index (χ3n) is 5.35. The van der Waals surface area contributed by atoms with Crippen molar-refractivity contribution in [1.29, 1.82) is 0 Å². The minimum atomic E-state index is -4.50. The van der Waals surface area contributed by atoms with Crippen molar-refractivity contribution in [1.82, 2.24) is 9.88 Å². The van der Waals surface area contributed by atoms with Gasteiger partial charge in [-0.1, -0.05) is 12.1 Å². The highest BCUT2D eigenvalue weighted by atomic mass is 19.4. The highest BCUT2D eigenvalue weighted by molar-refractivity contribution is 5.93. The number of urea groups is 1. The Bertz CT molecular complexity index is 1120. The van der Waals surface area contributed by atoms with Gasteiger partial charge in [0.1, 0.15) is 11.5 Å². The monoisotopic (exact) mass is 432 g/mol. The number of nitrogens with one attached hydrogen (secondary N) is 1. The molecule has 0 bridgehead atoms. The number of aryl methyl sites for hydroxylation is 1. The van der Waals surface area contributed by atoms with Gasteiger partial charge in [0.15, 0.2) is 0 Å². The van der Waals surface area contributed by atoms with E-state index in [1.54, 1.807) is 30.0 Å². The number of benzene rings is 2. The van der Waals surface area contributed by atoms with E-state index < -0.39 is 17.7 Å². The molecule has 2 aromatic carbocycles. The molecule has 1 aliphatic heterocycles. The molecule has 2 amide bonds. The van der Waals surface area contributed by atoms with E-state index in [-0.39, 0.29) is 11.5 Å². The number of alkyl halides is 3. The minimum Gasteiger partial charge on any atom is -0.367 e. The van der Waals surface area contributed by atoms with Crippen molar-refractivity contribution in [2.24, 2.45) is 0 Å². The largest absolute Gasteiger partial charge is 0.433 e. The van der Waals surface area contributed by atoms with E-state index >= 15 is 0 Å². The predicted molar refractivity (Wildman–Crippen MR) is 111 cm³/mol. The number of fused-ring (bicyclic) bond motifs is 1. The molecule has 1 aliphatic rings. The molecule has 0 radical (unpaired) electrons. The number of amides is 2. The number of anilines is 2. The van der Waals surface area contributed by atoms with Crippen molar-refractivity contribution in [2.75, 3.05) is 36.4 Å². The van der Waals surface area contributed by atoms with Gasteiger partial charge in [0.25, 0.3) is 0 Å². The fourth-order valence-corrected chi connectivity index (χ4v) is 3.65. The van der Waals surface area contributed by atoms with E-state index in [0.717, 1.165) is 17.3 Å². The first kappa shape index (κ1) is 20.9. The molecule has 162 valence electrons. The molecule has 31 heavy (non-hydrogen) atoms. The van der Waals surface area contributed by atoms with E-state index in [1.807, 2.05) is 11.0 Å². The Morgan fingerprint density at radius 2 is 1.77 bits per heavy atom. The number of hydrogen-bond donors (Lipinski definition) is 1. The summed E-state index contributed by atoms with van der Waals surface area (Å²) in [6.07, 6.45) is -4.50. The Hall–Kier alpha value is -3.36. The lowest BCUT2D eigenvalue weighted by Gasteiger charge is -2.36. The minimum absolute atomic E-state index is 0.272. The quantitative estimate of drug-likeness (QED) is 0.577. The molecule has 1 saturated heterocycles. The number of aromatic nitrogens is 1. The third-order valence-corrected chi connectivity index (χ3v) is 5.35. The average Bonchev–Trinajstić information content (AvgIpc) is 2.75. The van der Waals surface area contributed by atoms with Gasteiger partial charge in [-0.25, -0.2) is 14.2 Å². The second-order valence-electron chi connectivity index (χ2n) is 7.40. The van der Waals surface area contributed by atoms with Crippen LogP contribution < -0.4 is 10.2 Å². The van der Waals surface area contributed by atoms with Crippen LogP contribution in [0.3, 0.4) is 0 Å². The second kappa shape index (κ2) is 8.05. The summed E-state index contributed by atoms with van der Waals surface area (Å²) in [5.74, 6) is -0.427. The molecule has 0 atom stereocenters. The fourth-order valence-electron chi connectivity index (χ4n) is 3.65. The van der Waals surface area contributed by atoms with Gasteiger partial charge in [-0.15, -0.1) is 0 Å². The van der Waals surface area contributed by atoms with Crippen molar-refractivity contribution in [3.8, 4) is 0 Å². The van der Waals surface area contributed by atoms with Gasteiger partial charge in [-0.3, -0.25) is 0 Å². The zero-order chi connectivity index (χ0) is 22.2. The van der Waals surface area contributed by atoms with E-state index in [2.05, 4.69) is 10.3 Å². The maximum atomic E-state index is 13.5. The van der Waals surface area contributed by atoms with Crippen LogP contribution >= 0.6 is 0 Å². The van der Waals surface area contributed by atoms with Crippen LogP contribution in [0, 0.1) is 12.7 Å². The predicted octanol–water partition coefficient (Wildman–Crippen LogP) is 5.06. The van der Waals surface area contributed by atoms with Crippen LogP contribution in [-0.2, 0) is 6.18 Å². The van der Waals surface area contributed by atoms with Crippen LogP contribution in [0.15, 0.2) is 48.5 Å². The SMILES string of the molecule is Cc1ccc(F)cc1NC(=O)N1CCN(c2cccc3nc(C(F)(F)F)ccc23)CC1. The third kappa shape index (κ3) is 4.40. The molecule has 1 aromatic heterocycles. The van der Waals surface area contributed by atoms with Gasteiger partial charge >= 0.3 is 12.2 Å². The maximum absolute atomic E-state index is 13.5. The molecule has 9 heteroatoms. The number of pyridine rings is 1. The lowest BCUT2D eigenvalue weighted by Crippen LogP contribution is -2.50. The van der Waals surface area contributed by atoms with Crippen LogP contribution in [0.2, 0.25) is 0 Å². The van der Waals surface area contributed by atoms with Gasteiger partial charge in [0.2, 0.25) is 0 Å². The molecule has 0 aliphatic carbocycles. The van der Waals surface area contributed by atoms with E-state index in [1.165, 1.54) is 18.2 Å². The molecule has 0 unspecified atom stereocenters. The normalized spacial score (nSPS) is 14.7. The first-order valence-electron chi connectivity index (χ1n) is 9.76. The molecule has 1 N–H and O–H groups in total. The standard InChI is InChI=1S/C22H20F4N4O/c1-14-5-6-15(23)13-18(14)28-21(31)30-11-9-29(10-12-30)19-4-2-3-17-16(19)7-8-20(27-17)22(24,25)26/h2-8,13H,9-12H2,1H3,(H,28,31). The van der Waals surface area contributed by atoms with Crippen molar-refractivity contribution in [3.63, 3.8) is 0 Å². The number of hydrogen-bond acceptors (Lipinski definition) is 3. The topological polar surface area (TPSA) is 48.5 Å². The summed E-state index contributed by atoms with van der Waals surface area (Å²) in [5, 5.41) is 3.37. The van der Waals surface area contributed by atoms with Gasteiger partial charge in [-0.05, 0) is 48.9 Å². The maximum Gasteiger partial charge on any atom is 0.433 e. The smallest absolute Gasteiger partial charge is 0.367 e. The Morgan fingerprint density at radius 3 is 2.48 bits per heavy atom. The van der Waals surface area contributed by atoms with E-state index in [0.29, 0.717) is 37.3 Å². The van der Waals surface area contributed by atoms with Crippen molar-refractivity contribution >= 4 is 28.3 Å². The number of carbonyl (C=O) groups excluding carboxylic acids is 1. The Labute approximate surface area is 176 Å². The summed E-state index contributed by atoms with van der Waals surface area (Å²) in [6, 6.07) is 11.4. The molecular weight excluding hydrogens is 412 g/mol. The molecule has 4 rings (SSSR count). The van der Waals surface area contributed by atoms with Gasteiger partial charge in [0.05, 0.1) is 5.52 Å². The summed E-state index contributed by atoms with van der Waals surface area (Å²) >= 11 is 0. The number of piperazine rings is 1. The fraction of sp³-hybridized carbons (Fsp3) is 0.273. The summed E-state index contributed by atoms with van der Waals surface area (Å²) in [6.45, 7) is 3.65. The molecule has 0 saturated carbocycles. The first-order chi connectivity index (χ1) is 14.7. The molecule has 0 spiro atoms. The lowest BCUT2D eigenvalue weighted by molar-refractivity contribution is -0.140. The molecule has 5 nitrogen and oxygen atoms in total. The highest BCUT2D eigenvalue weighted by Gasteiger charge is 2.32. The Balaban J connectivity index is 1.47. The van der Waals surface area contributed by atoms with Crippen molar-refractivity contribution < 1.29 is 22.4 Å². The zero-order valence-electron chi connectivity index (χ0n) is 16.7. The number of halogens is 4. The van der Waals surface area contributed by atoms with Crippen molar-refractivity contribution in [3.05, 3.63) is 65.6 Å². The van der Waals surface area contributed by atoms with Gasteiger partial charge < -0.3 is 15.1 Å². The Morgan fingerprint density at radius 1 is 1.03 bits per heavy atom. The second-order valence-corrected chi connectivity index (χ2v) is 7.40. The Kier molecular flexibility index (Phi) is 5.43. The molecule has 3 aromatic rings. The highest BCUT2D eigenvalue weighted by Crippen LogP contribution is 2.32. The number of carbonyl (C=O) groups is 1. The molecular formula is C22H20F4N4O. The first-order valence-corrected chi connectivity index (χ1v) is 9.76. The number of nitrogens with zero attached hydrogens (tertiary/aromatic N) is 3. The molecule has 1 fully saturated rings. The molecule has 2 heterocycles. The van der Waals surface area contributed by atoms with Crippen molar-refractivity contribution in [2.45, 2.75) is 13.1 Å². The van der Waals surface area contributed by atoms with Crippen LogP contribution in [0.4, 0.5) is 33.7 Å². The average molecular weight is 432 g/mol. The number of rotatable bonds is 2. The van der Waals surface area contributed by atoms with Gasteiger partial charge in [0, 0.05) is 42.9 Å². The van der Waals surface area contributed by atoms with E-state index in [4.69, 9.17) is 0 Å². The van der Waals surface area contributed by atoms with E-state index in [9.17, 15) is 22.4 Å². The van der Waals surface area contributed by atoms with Crippen LogP contribution in [0.25, 0.3) is 10.9 Å².